The van der Waals surface area contributed by atoms with Gasteiger partial charge >= 0.3 is 0 Å². The first-order valence-electron chi connectivity index (χ1n) is 12.2. The number of amides is 1. The van der Waals surface area contributed by atoms with Crippen LogP contribution in [-0.2, 0) is 4.79 Å². The molecular weight excluding hydrogens is 437 g/mol. The Balaban J connectivity index is 1.47. The number of nitriles is 1. The van der Waals surface area contributed by atoms with E-state index in [9.17, 15) is 4.79 Å². The largest absolute Gasteiger partial charge is 0.339 e. The molecule has 0 saturated carbocycles. The molecule has 0 spiro atoms. The lowest BCUT2D eigenvalue weighted by Crippen LogP contribution is -2.48. The zero-order valence-electron chi connectivity index (χ0n) is 19.7. The van der Waals surface area contributed by atoms with Gasteiger partial charge in [0, 0.05) is 26.2 Å². The van der Waals surface area contributed by atoms with E-state index in [1.165, 1.54) is 15.9 Å². The molecule has 1 heterocycles. The van der Waals surface area contributed by atoms with Crippen molar-refractivity contribution in [1.82, 2.24) is 9.80 Å². The molecule has 1 saturated heterocycles. The van der Waals surface area contributed by atoms with Crippen molar-refractivity contribution in [2.75, 3.05) is 38.9 Å². The van der Waals surface area contributed by atoms with Gasteiger partial charge in [0.1, 0.15) is 29.6 Å². The molecule has 0 radical (unpaired) electrons. The minimum Gasteiger partial charge on any atom is -0.339 e. The third-order valence-corrected chi connectivity index (χ3v) is 11.3. The van der Waals surface area contributed by atoms with Gasteiger partial charge in [0.25, 0.3) is 0 Å². The summed E-state index contributed by atoms with van der Waals surface area (Å²) < 4.78 is 0. The summed E-state index contributed by atoms with van der Waals surface area (Å²) in [5.41, 5.74) is 0. The van der Waals surface area contributed by atoms with E-state index in [0.29, 0.717) is 0 Å². The minimum absolute atomic E-state index is 0.00968. The molecule has 0 atom stereocenters. The topological polar surface area (TPSA) is 47.3 Å². The van der Waals surface area contributed by atoms with Crippen molar-refractivity contribution in [1.29, 1.82) is 5.26 Å². The van der Waals surface area contributed by atoms with Gasteiger partial charge in [0.05, 0.1) is 12.2 Å². The molecule has 0 N–H and O–H groups in total. The molecule has 174 valence electrons. The Morgan fingerprint density at radius 1 is 0.735 bits per heavy atom. The summed E-state index contributed by atoms with van der Waals surface area (Å²) in [7, 11) is -1.76. The van der Waals surface area contributed by atoms with Crippen LogP contribution < -0.4 is 15.9 Å². The summed E-state index contributed by atoms with van der Waals surface area (Å²) in [5.74, 6) is -0.0367. The van der Waals surface area contributed by atoms with Gasteiger partial charge in [0.2, 0.25) is 5.91 Å². The first kappa shape index (κ1) is 24.1. The number of carbonyl (C=O) groups is 1. The predicted octanol–water partition coefficient (Wildman–Crippen LogP) is 3.82. The van der Waals surface area contributed by atoms with Crippen LogP contribution in [0.3, 0.4) is 0 Å². The number of benzene rings is 3. The fourth-order valence-corrected chi connectivity index (χ4v) is 9.38. The zero-order chi connectivity index (χ0) is 23.6. The van der Waals surface area contributed by atoms with Gasteiger partial charge in [-0.1, -0.05) is 54.6 Å². The van der Waals surface area contributed by atoms with Crippen molar-refractivity contribution in [3.63, 3.8) is 0 Å². The molecule has 0 aromatic heterocycles. The van der Waals surface area contributed by atoms with Crippen LogP contribution in [0.1, 0.15) is 19.3 Å². The highest BCUT2D eigenvalue weighted by Crippen LogP contribution is 2.55. The fourth-order valence-electron chi connectivity index (χ4n) is 4.97. The predicted molar refractivity (Wildman–Crippen MR) is 142 cm³/mol. The van der Waals surface area contributed by atoms with Crippen LogP contribution >= 0.6 is 7.26 Å². The average molecular weight is 471 g/mol. The first-order valence-corrected chi connectivity index (χ1v) is 14.1. The number of rotatable bonds is 9. The maximum absolute atomic E-state index is 12.0. The maximum Gasteiger partial charge on any atom is 0.236 e. The van der Waals surface area contributed by atoms with Crippen LogP contribution in [0.5, 0.6) is 0 Å². The Bertz CT molecular complexity index is 978. The zero-order valence-corrected chi connectivity index (χ0v) is 20.6. The highest BCUT2D eigenvalue weighted by molar-refractivity contribution is 7.95. The average Bonchev–Trinajstić information content (AvgIpc) is 2.91. The molecular formula is C29H33N3OP+. The van der Waals surface area contributed by atoms with E-state index in [1.54, 1.807) is 0 Å². The van der Waals surface area contributed by atoms with E-state index in [4.69, 9.17) is 5.26 Å². The molecule has 4 rings (SSSR count). The van der Waals surface area contributed by atoms with Crippen LogP contribution in [-0.4, -0.2) is 54.6 Å². The standard InChI is InChI=1S/C29H33N3OP/c30-19-18-29(33)32-23-21-31(22-24-32)20-10-11-25-34(26-12-4-1-5-13-26,27-14-6-2-7-15-27)28-16-8-3-9-17-28/h1-9,12-17H,10-11,18,20-25H2/q+1. The lowest BCUT2D eigenvalue weighted by Gasteiger charge is -2.34. The summed E-state index contributed by atoms with van der Waals surface area (Å²) in [5, 5.41) is 13.1. The Morgan fingerprint density at radius 3 is 1.65 bits per heavy atom. The number of hydrogen-bond donors (Lipinski definition) is 0. The highest BCUT2D eigenvalue weighted by Gasteiger charge is 2.44. The lowest BCUT2D eigenvalue weighted by molar-refractivity contribution is -0.131. The SMILES string of the molecule is N#CCC(=O)N1CCN(CCCC[P+](c2ccccc2)(c2ccccc2)c2ccccc2)CC1. The van der Waals surface area contributed by atoms with Gasteiger partial charge in [-0.3, -0.25) is 9.69 Å². The second-order valence-corrected chi connectivity index (χ2v) is 12.4. The Morgan fingerprint density at radius 2 is 1.21 bits per heavy atom. The van der Waals surface area contributed by atoms with Crippen LogP contribution in [0.15, 0.2) is 91.0 Å². The normalized spacial score (nSPS) is 14.5. The van der Waals surface area contributed by atoms with Gasteiger partial charge in [-0.05, 0) is 55.8 Å². The van der Waals surface area contributed by atoms with Crippen LogP contribution in [0.4, 0.5) is 0 Å². The highest BCUT2D eigenvalue weighted by atomic mass is 31.2. The van der Waals surface area contributed by atoms with E-state index in [2.05, 4.69) is 95.9 Å². The first-order chi connectivity index (χ1) is 16.7. The third kappa shape index (κ3) is 5.55. The van der Waals surface area contributed by atoms with Crippen LogP contribution in [0, 0.1) is 11.3 Å². The molecule has 5 heteroatoms. The molecule has 1 fully saturated rings. The minimum atomic E-state index is -1.76. The number of nitrogens with zero attached hydrogens (tertiary/aromatic N) is 3. The molecule has 1 aliphatic heterocycles. The molecule has 0 unspecified atom stereocenters. The van der Waals surface area contributed by atoms with Gasteiger partial charge in [-0.25, -0.2) is 0 Å². The smallest absolute Gasteiger partial charge is 0.236 e. The second kappa shape index (κ2) is 11.9. The summed E-state index contributed by atoms with van der Waals surface area (Å²) in [6, 6.07) is 35.2. The maximum atomic E-state index is 12.0. The van der Waals surface area contributed by atoms with Crippen molar-refractivity contribution < 1.29 is 4.79 Å². The number of unbranched alkanes of at least 4 members (excludes halogenated alkanes) is 1. The quantitative estimate of drug-likeness (QED) is 0.353. The number of carbonyl (C=O) groups excluding carboxylic acids is 1. The Kier molecular flexibility index (Phi) is 8.47. The van der Waals surface area contributed by atoms with Crippen molar-refractivity contribution in [2.24, 2.45) is 0 Å². The lowest BCUT2D eigenvalue weighted by atomic mass is 10.2. The molecule has 3 aromatic rings. The van der Waals surface area contributed by atoms with E-state index in [-0.39, 0.29) is 12.3 Å². The van der Waals surface area contributed by atoms with E-state index in [1.807, 2.05) is 11.0 Å². The Labute approximate surface area is 204 Å². The fraction of sp³-hybridized carbons (Fsp3) is 0.310. The monoisotopic (exact) mass is 470 g/mol. The van der Waals surface area contributed by atoms with Gasteiger partial charge in [-0.15, -0.1) is 0 Å². The van der Waals surface area contributed by atoms with Crippen molar-refractivity contribution in [3.05, 3.63) is 91.0 Å². The molecule has 4 nitrogen and oxygen atoms in total. The molecule has 1 amide bonds. The van der Waals surface area contributed by atoms with Crippen molar-refractivity contribution in [2.45, 2.75) is 19.3 Å². The Hall–Kier alpha value is -2.99. The van der Waals surface area contributed by atoms with E-state index < -0.39 is 7.26 Å². The summed E-state index contributed by atoms with van der Waals surface area (Å²) in [6.07, 6.45) is 3.43. The number of piperazine rings is 1. The van der Waals surface area contributed by atoms with Crippen LogP contribution in [0.25, 0.3) is 0 Å². The van der Waals surface area contributed by atoms with Crippen molar-refractivity contribution in [3.8, 4) is 6.07 Å². The molecule has 0 aliphatic carbocycles. The molecule has 34 heavy (non-hydrogen) atoms. The number of hydrogen-bond acceptors (Lipinski definition) is 3. The van der Waals surface area contributed by atoms with Gasteiger partial charge in [0.15, 0.2) is 0 Å². The van der Waals surface area contributed by atoms with Crippen molar-refractivity contribution >= 4 is 29.1 Å². The summed E-state index contributed by atoms with van der Waals surface area (Å²) >= 11 is 0. The van der Waals surface area contributed by atoms with E-state index in [0.717, 1.165) is 51.7 Å². The van der Waals surface area contributed by atoms with Gasteiger partial charge in [-0.2, -0.15) is 5.26 Å². The summed E-state index contributed by atoms with van der Waals surface area (Å²) in [6.45, 7) is 4.31. The third-order valence-electron chi connectivity index (χ3n) is 6.76. The molecule has 0 bridgehead atoms. The van der Waals surface area contributed by atoms with Crippen LogP contribution in [0.2, 0.25) is 0 Å². The molecule has 1 aliphatic rings. The summed E-state index contributed by atoms with van der Waals surface area (Å²) in [4.78, 5) is 16.3. The second-order valence-electron chi connectivity index (χ2n) is 8.80. The van der Waals surface area contributed by atoms with Gasteiger partial charge < -0.3 is 4.90 Å². The molecule has 3 aromatic carbocycles. The van der Waals surface area contributed by atoms with E-state index >= 15 is 0 Å².